The monoisotopic (exact) mass is 437 g/mol. The highest BCUT2D eigenvalue weighted by Gasteiger charge is 2.23. The molecule has 146 valence electrons. The lowest BCUT2D eigenvalue weighted by molar-refractivity contribution is -0.133. The van der Waals surface area contributed by atoms with Gasteiger partial charge in [-0.05, 0) is 43.7 Å². The van der Waals surface area contributed by atoms with E-state index in [0.29, 0.717) is 38.0 Å². The molecule has 3 rings (SSSR count). The number of carbonyl (C=O) groups is 1. The Kier molecular flexibility index (Phi) is 6.60. The molecule has 0 radical (unpaired) electrons. The summed E-state index contributed by atoms with van der Waals surface area (Å²) < 4.78 is 5.73. The van der Waals surface area contributed by atoms with Crippen LogP contribution >= 0.6 is 34.8 Å². The van der Waals surface area contributed by atoms with Gasteiger partial charge >= 0.3 is 0 Å². The SMILES string of the molecule is CC(C)N(Cc1nnc(-c2ccccc2Cl)o1)C(=O)Cc1c(Cl)cccc1Cl. The number of hydrogen-bond acceptors (Lipinski definition) is 4. The third kappa shape index (κ3) is 4.66. The van der Waals surface area contributed by atoms with Gasteiger partial charge in [0.15, 0.2) is 0 Å². The van der Waals surface area contributed by atoms with E-state index in [0.717, 1.165) is 0 Å². The summed E-state index contributed by atoms with van der Waals surface area (Å²) in [4.78, 5) is 14.5. The Morgan fingerprint density at radius 1 is 1.00 bits per heavy atom. The molecule has 1 heterocycles. The van der Waals surface area contributed by atoms with Crippen LogP contribution in [0.5, 0.6) is 0 Å². The first kappa shape index (κ1) is 20.6. The smallest absolute Gasteiger partial charge is 0.249 e. The van der Waals surface area contributed by atoms with Crippen molar-refractivity contribution in [2.45, 2.75) is 32.9 Å². The van der Waals surface area contributed by atoms with E-state index in [1.54, 1.807) is 35.2 Å². The van der Waals surface area contributed by atoms with Crippen molar-refractivity contribution < 1.29 is 9.21 Å². The Labute approximate surface area is 178 Å². The summed E-state index contributed by atoms with van der Waals surface area (Å²) in [6, 6.07) is 12.3. The molecule has 0 aliphatic carbocycles. The van der Waals surface area contributed by atoms with E-state index in [4.69, 9.17) is 39.2 Å². The van der Waals surface area contributed by atoms with Crippen LogP contribution in [0.3, 0.4) is 0 Å². The molecule has 0 aliphatic heterocycles. The summed E-state index contributed by atoms with van der Waals surface area (Å²) >= 11 is 18.6. The van der Waals surface area contributed by atoms with Crippen LogP contribution in [-0.2, 0) is 17.8 Å². The highest BCUT2D eigenvalue weighted by molar-refractivity contribution is 6.36. The normalized spacial score (nSPS) is 11.1. The van der Waals surface area contributed by atoms with Crippen molar-refractivity contribution in [3.05, 3.63) is 69.0 Å². The minimum atomic E-state index is -0.137. The molecule has 1 amide bonds. The summed E-state index contributed by atoms with van der Waals surface area (Å²) in [6.07, 6.45) is 0.0855. The highest BCUT2D eigenvalue weighted by atomic mass is 35.5. The third-order valence-corrected chi connectivity index (χ3v) is 5.25. The summed E-state index contributed by atoms with van der Waals surface area (Å²) in [6.45, 7) is 4.00. The molecule has 5 nitrogen and oxygen atoms in total. The Bertz CT molecular complexity index is 968. The number of nitrogens with zero attached hydrogens (tertiary/aromatic N) is 3. The first-order chi connectivity index (χ1) is 13.4. The first-order valence-corrected chi connectivity index (χ1v) is 9.80. The maximum absolute atomic E-state index is 12.9. The van der Waals surface area contributed by atoms with Gasteiger partial charge in [0.25, 0.3) is 0 Å². The maximum Gasteiger partial charge on any atom is 0.249 e. The van der Waals surface area contributed by atoms with Crippen LogP contribution in [-0.4, -0.2) is 27.0 Å². The second-order valence-corrected chi connectivity index (χ2v) is 7.69. The zero-order chi connectivity index (χ0) is 20.3. The fourth-order valence-electron chi connectivity index (χ4n) is 2.72. The molecule has 0 atom stereocenters. The molecule has 28 heavy (non-hydrogen) atoms. The van der Waals surface area contributed by atoms with Gasteiger partial charge in [-0.25, -0.2) is 0 Å². The molecular formula is C20H18Cl3N3O2. The van der Waals surface area contributed by atoms with Crippen molar-refractivity contribution in [1.29, 1.82) is 0 Å². The molecule has 0 saturated heterocycles. The van der Waals surface area contributed by atoms with Crippen molar-refractivity contribution in [2.75, 3.05) is 0 Å². The average molecular weight is 439 g/mol. The lowest BCUT2D eigenvalue weighted by Crippen LogP contribution is -2.37. The van der Waals surface area contributed by atoms with Gasteiger partial charge in [-0.2, -0.15) is 0 Å². The molecule has 0 N–H and O–H groups in total. The van der Waals surface area contributed by atoms with Crippen molar-refractivity contribution in [2.24, 2.45) is 0 Å². The van der Waals surface area contributed by atoms with Gasteiger partial charge in [-0.3, -0.25) is 4.79 Å². The summed E-state index contributed by atoms with van der Waals surface area (Å²) in [7, 11) is 0. The molecule has 8 heteroatoms. The van der Waals surface area contributed by atoms with Gasteiger partial charge in [0.2, 0.25) is 17.7 Å². The van der Waals surface area contributed by atoms with Gasteiger partial charge in [0.05, 0.1) is 23.6 Å². The molecule has 0 unspecified atom stereocenters. The van der Waals surface area contributed by atoms with Crippen molar-refractivity contribution in [3.8, 4) is 11.5 Å². The molecule has 0 bridgehead atoms. The van der Waals surface area contributed by atoms with Crippen molar-refractivity contribution in [3.63, 3.8) is 0 Å². The van der Waals surface area contributed by atoms with Crippen LogP contribution in [0.4, 0.5) is 0 Å². The second-order valence-electron chi connectivity index (χ2n) is 6.47. The molecular weight excluding hydrogens is 421 g/mol. The van der Waals surface area contributed by atoms with E-state index in [-0.39, 0.29) is 24.9 Å². The summed E-state index contributed by atoms with van der Waals surface area (Å²) in [5.74, 6) is 0.496. The number of carbonyl (C=O) groups excluding carboxylic acids is 1. The Morgan fingerprint density at radius 3 is 2.29 bits per heavy atom. The van der Waals surface area contributed by atoms with E-state index in [2.05, 4.69) is 10.2 Å². The zero-order valence-electron chi connectivity index (χ0n) is 15.3. The van der Waals surface area contributed by atoms with E-state index >= 15 is 0 Å². The lowest BCUT2D eigenvalue weighted by atomic mass is 10.1. The molecule has 0 fully saturated rings. The zero-order valence-corrected chi connectivity index (χ0v) is 17.6. The predicted octanol–water partition coefficient (Wildman–Crippen LogP) is 5.68. The van der Waals surface area contributed by atoms with Crippen LogP contribution < -0.4 is 0 Å². The molecule has 0 aliphatic rings. The Balaban J connectivity index is 1.79. The fraction of sp³-hybridized carbons (Fsp3) is 0.250. The quantitative estimate of drug-likeness (QED) is 0.497. The standard InChI is InChI=1S/C20H18Cl3N3O2/c1-12(2)26(19(27)10-14-16(22)8-5-9-17(14)23)11-18-24-25-20(28-18)13-6-3-4-7-15(13)21/h3-9,12H,10-11H2,1-2H3. The number of aromatic nitrogens is 2. The number of rotatable bonds is 6. The molecule has 3 aromatic rings. The van der Waals surface area contributed by atoms with Crippen LogP contribution in [0.25, 0.3) is 11.5 Å². The molecule has 2 aromatic carbocycles. The first-order valence-electron chi connectivity index (χ1n) is 8.66. The number of amides is 1. The van der Waals surface area contributed by atoms with Gasteiger partial charge in [0.1, 0.15) is 0 Å². The fourth-order valence-corrected chi connectivity index (χ4v) is 3.47. The predicted molar refractivity (Wildman–Crippen MR) is 111 cm³/mol. The minimum absolute atomic E-state index is 0.0792. The Hall–Kier alpha value is -2.08. The number of benzene rings is 2. The summed E-state index contributed by atoms with van der Waals surface area (Å²) in [5, 5.41) is 9.55. The van der Waals surface area contributed by atoms with Crippen molar-refractivity contribution in [1.82, 2.24) is 15.1 Å². The Morgan fingerprint density at radius 2 is 1.64 bits per heavy atom. The second kappa shape index (κ2) is 8.95. The largest absolute Gasteiger partial charge is 0.419 e. The van der Waals surface area contributed by atoms with Crippen LogP contribution in [0.15, 0.2) is 46.9 Å². The van der Waals surface area contributed by atoms with E-state index in [9.17, 15) is 4.79 Å². The van der Waals surface area contributed by atoms with Gasteiger partial charge in [-0.15, -0.1) is 10.2 Å². The lowest BCUT2D eigenvalue weighted by Gasteiger charge is -2.25. The summed E-state index contributed by atoms with van der Waals surface area (Å²) in [5.41, 5.74) is 1.25. The van der Waals surface area contributed by atoms with Gasteiger partial charge in [-0.1, -0.05) is 53.0 Å². The minimum Gasteiger partial charge on any atom is -0.419 e. The molecule has 0 spiro atoms. The van der Waals surface area contributed by atoms with Crippen molar-refractivity contribution >= 4 is 40.7 Å². The topological polar surface area (TPSA) is 59.2 Å². The van der Waals surface area contributed by atoms with E-state index < -0.39 is 0 Å². The maximum atomic E-state index is 12.9. The van der Waals surface area contributed by atoms with Crippen LogP contribution in [0.1, 0.15) is 25.3 Å². The third-order valence-electron chi connectivity index (χ3n) is 4.21. The van der Waals surface area contributed by atoms with Crippen LogP contribution in [0.2, 0.25) is 15.1 Å². The number of hydrogen-bond donors (Lipinski definition) is 0. The van der Waals surface area contributed by atoms with E-state index in [1.807, 2.05) is 26.0 Å². The molecule has 1 aromatic heterocycles. The number of halogens is 3. The van der Waals surface area contributed by atoms with E-state index in [1.165, 1.54) is 0 Å². The van der Waals surface area contributed by atoms with Gasteiger partial charge in [0, 0.05) is 16.1 Å². The molecule has 0 saturated carbocycles. The van der Waals surface area contributed by atoms with Gasteiger partial charge < -0.3 is 9.32 Å². The average Bonchev–Trinajstić information content (AvgIpc) is 3.11. The highest BCUT2D eigenvalue weighted by Crippen LogP contribution is 2.28. The van der Waals surface area contributed by atoms with Crippen LogP contribution in [0, 0.1) is 0 Å².